The van der Waals surface area contributed by atoms with Crippen LogP contribution in [0.3, 0.4) is 0 Å². The third kappa shape index (κ3) is 6.06. The van der Waals surface area contributed by atoms with E-state index in [0.29, 0.717) is 12.5 Å². The van der Waals surface area contributed by atoms with Crippen LogP contribution in [0.1, 0.15) is 51.5 Å². The predicted molar refractivity (Wildman–Crippen MR) is 106 cm³/mol. The lowest BCUT2D eigenvalue weighted by Gasteiger charge is -2.38. The van der Waals surface area contributed by atoms with Gasteiger partial charge in [-0.1, -0.05) is 61.2 Å². The van der Waals surface area contributed by atoms with Crippen LogP contribution in [0.2, 0.25) is 0 Å². The van der Waals surface area contributed by atoms with Crippen LogP contribution < -0.4 is 0 Å². The molecule has 142 valence electrons. The topological polar surface area (TPSA) is 38.7 Å². The van der Waals surface area contributed by atoms with E-state index in [1.165, 1.54) is 32.1 Å². The van der Waals surface area contributed by atoms with Gasteiger partial charge < -0.3 is 14.6 Å². The molecule has 0 aromatic heterocycles. The summed E-state index contributed by atoms with van der Waals surface area (Å²) in [6.45, 7) is 4.98. The molecule has 4 atom stereocenters. The number of rotatable bonds is 9. The van der Waals surface area contributed by atoms with Crippen molar-refractivity contribution in [3.05, 3.63) is 34.3 Å². The van der Waals surface area contributed by atoms with Gasteiger partial charge >= 0.3 is 0 Å². The van der Waals surface area contributed by atoms with Crippen molar-refractivity contribution in [2.75, 3.05) is 13.7 Å². The van der Waals surface area contributed by atoms with Gasteiger partial charge in [0.05, 0.1) is 18.8 Å². The van der Waals surface area contributed by atoms with E-state index in [1.807, 2.05) is 19.2 Å². The van der Waals surface area contributed by atoms with E-state index in [0.717, 1.165) is 10.0 Å². The number of ether oxygens (including phenoxy) is 2. The van der Waals surface area contributed by atoms with Gasteiger partial charge in [0, 0.05) is 30.0 Å². The molecule has 3 nitrogen and oxygen atoms in total. The van der Waals surface area contributed by atoms with Gasteiger partial charge in [-0.15, -0.1) is 0 Å². The molecule has 1 aromatic carbocycles. The first-order chi connectivity index (χ1) is 12.1. The third-order valence-electron chi connectivity index (χ3n) is 5.60. The zero-order chi connectivity index (χ0) is 18.2. The van der Waals surface area contributed by atoms with Crippen molar-refractivity contribution in [1.29, 1.82) is 0 Å². The summed E-state index contributed by atoms with van der Waals surface area (Å²) in [5.74, 6) is 0.947. The average Bonchev–Trinajstić information content (AvgIpc) is 2.63. The second-order valence-corrected chi connectivity index (χ2v) is 8.44. The minimum atomic E-state index is -0.0177. The average molecular weight is 413 g/mol. The second-order valence-electron chi connectivity index (χ2n) is 7.52. The Morgan fingerprint density at radius 2 is 1.92 bits per heavy atom. The normalized spacial score (nSPS) is 20.8. The van der Waals surface area contributed by atoms with Gasteiger partial charge in [-0.3, -0.25) is 0 Å². The van der Waals surface area contributed by atoms with E-state index in [2.05, 4.69) is 41.9 Å². The van der Waals surface area contributed by atoms with Crippen molar-refractivity contribution in [3.63, 3.8) is 0 Å². The van der Waals surface area contributed by atoms with E-state index in [-0.39, 0.29) is 30.7 Å². The van der Waals surface area contributed by atoms with Crippen LogP contribution >= 0.6 is 15.9 Å². The molecule has 1 aliphatic rings. The lowest BCUT2D eigenvalue weighted by Crippen LogP contribution is -2.42. The van der Waals surface area contributed by atoms with E-state index < -0.39 is 0 Å². The summed E-state index contributed by atoms with van der Waals surface area (Å²) in [7, 11) is 1.82. The number of hydrogen-bond donors (Lipinski definition) is 1. The summed E-state index contributed by atoms with van der Waals surface area (Å²) >= 11 is 3.51. The van der Waals surface area contributed by atoms with E-state index >= 15 is 0 Å². The third-order valence-corrected chi connectivity index (χ3v) is 6.10. The number of hydrogen-bond acceptors (Lipinski definition) is 3. The molecule has 0 heterocycles. The zero-order valence-electron chi connectivity index (χ0n) is 15.8. The summed E-state index contributed by atoms with van der Waals surface area (Å²) in [4.78, 5) is 0. The Bertz CT molecular complexity index is 502. The number of benzene rings is 1. The van der Waals surface area contributed by atoms with Crippen LogP contribution in [0, 0.1) is 17.8 Å². The number of aliphatic hydroxyl groups is 1. The lowest BCUT2D eigenvalue weighted by atomic mass is 9.77. The molecule has 4 unspecified atom stereocenters. The molecule has 0 spiro atoms. The molecule has 2 rings (SSSR count). The van der Waals surface area contributed by atoms with Gasteiger partial charge in [0.15, 0.2) is 0 Å². The van der Waals surface area contributed by atoms with Crippen molar-refractivity contribution in [2.24, 2.45) is 17.8 Å². The first kappa shape index (κ1) is 20.9. The Morgan fingerprint density at radius 3 is 2.52 bits per heavy atom. The highest BCUT2D eigenvalue weighted by atomic mass is 79.9. The van der Waals surface area contributed by atoms with E-state index in [1.54, 1.807) is 0 Å². The van der Waals surface area contributed by atoms with Gasteiger partial charge in [0.2, 0.25) is 0 Å². The molecule has 0 bridgehead atoms. The highest BCUT2D eigenvalue weighted by Crippen LogP contribution is 2.34. The van der Waals surface area contributed by atoms with Crippen molar-refractivity contribution in [3.8, 4) is 0 Å². The van der Waals surface area contributed by atoms with E-state index in [9.17, 15) is 5.11 Å². The molecule has 1 aromatic rings. The van der Waals surface area contributed by atoms with Gasteiger partial charge in [-0.25, -0.2) is 0 Å². The van der Waals surface area contributed by atoms with Crippen LogP contribution in [-0.2, 0) is 16.1 Å². The minimum Gasteiger partial charge on any atom is -0.396 e. The Hall–Kier alpha value is -0.420. The van der Waals surface area contributed by atoms with Crippen molar-refractivity contribution in [2.45, 2.75) is 64.8 Å². The molecular formula is C21H33BrO3. The molecule has 1 N–H and O–H groups in total. The van der Waals surface area contributed by atoms with Crippen LogP contribution in [0.15, 0.2) is 28.7 Å². The summed E-state index contributed by atoms with van der Waals surface area (Å²) in [5, 5.41) is 9.73. The SMILES string of the molecule is COC(C1CCCCC1)C(C)C(OCc1cccc(Br)c1)C(C)CO. The fraction of sp³-hybridized carbons (Fsp3) is 0.714. The summed E-state index contributed by atoms with van der Waals surface area (Å²) in [6, 6.07) is 8.20. The van der Waals surface area contributed by atoms with E-state index in [4.69, 9.17) is 9.47 Å². The van der Waals surface area contributed by atoms with Crippen LogP contribution in [0.4, 0.5) is 0 Å². The fourth-order valence-corrected chi connectivity index (χ4v) is 4.69. The monoisotopic (exact) mass is 412 g/mol. The van der Waals surface area contributed by atoms with Crippen molar-refractivity contribution >= 4 is 15.9 Å². The maximum Gasteiger partial charge on any atom is 0.0721 e. The fourth-order valence-electron chi connectivity index (χ4n) is 4.24. The molecule has 0 aliphatic heterocycles. The highest BCUT2D eigenvalue weighted by molar-refractivity contribution is 9.10. The zero-order valence-corrected chi connectivity index (χ0v) is 17.4. The van der Waals surface area contributed by atoms with Crippen LogP contribution in [-0.4, -0.2) is 31.0 Å². The van der Waals surface area contributed by atoms with Gasteiger partial charge in [-0.05, 0) is 36.5 Å². The molecule has 0 saturated heterocycles. The van der Waals surface area contributed by atoms with Gasteiger partial charge in [0.1, 0.15) is 0 Å². The first-order valence-electron chi connectivity index (χ1n) is 9.56. The molecule has 4 heteroatoms. The Labute approximate surface area is 161 Å². The molecular weight excluding hydrogens is 380 g/mol. The quantitative estimate of drug-likeness (QED) is 0.605. The van der Waals surface area contributed by atoms with Gasteiger partial charge in [-0.2, -0.15) is 0 Å². The number of halogens is 1. The van der Waals surface area contributed by atoms with Crippen molar-refractivity contribution in [1.82, 2.24) is 0 Å². The molecule has 25 heavy (non-hydrogen) atoms. The Balaban J connectivity index is 2.05. The molecule has 0 amide bonds. The second kappa shape index (κ2) is 10.7. The first-order valence-corrected chi connectivity index (χ1v) is 10.4. The standard InChI is InChI=1S/C21H33BrO3/c1-15(13-23)20(25-14-17-8-7-11-19(22)12-17)16(2)21(24-3)18-9-5-4-6-10-18/h7-8,11-12,15-16,18,20-21,23H,4-6,9-10,13-14H2,1-3H3. The highest BCUT2D eigenvalue weighted by Gasteiger charge is 2.35. The Morgan fingerprint density at radius 1 is 1.20 bits per heavy atom. The maximum atomic E-state index is 9.73. The summed E-state index contributed by atoms with van der Waals surface area (Å²) in [5.41, 5.74) is 1.14. The smallest absolute Gasteiger partial charge is 0.0721 e. The molecule has 1 saturated carbocycles. The molecule has 1 aliphatic carbocycles. The lowest BCUT2D eigenvalue weighted by molar-refractivity contribution is -0.101. The van der Waals surface area contributed by atoms with Crippen LogP contribution in [0.5, 0.6) is 0 Å². The van der Waals surface area contributed by atoms with Crippen LogP contribution in [0.25, 0.3) is 0 Å². The number of aliphatic hydroxyl groups excluding tert-OH is 1. The maximum absolute atomic E-state index is 9.73. The predicted octanol–water partition coefficient (Wildman–Crippen LogP) is 5.19. The largest absolute Gasteiger partial charge is 0.396 e. The summed E-state index contributed by atoms with van der Waals surface area (Å²) in [6.07, 6.45) is 6.62. The summed E-state index contributed by atoms with van der Waals surface area (Å²) < 4.78 is 13.3. The molecule has 1 fully saturated rings. The minimum absolute atomic E-state index is 0.0177. The van der Waals surface area contributed by atoms with Crippen molar-refractivity contribution < 1.29 is 14.6 Å². The Kier molecular flexibility index (Phi) is 8.91. The molecule has 0 radical (unpaired) electrons. The van der Waals surface area contributed by atoms with Gasteiger partial charge in [0.25, 0.3) is 0 Å². The number of methoxy groups -OCH3 is 1.